The van der Waals surface area contributed by atoms with E-state index in [0.29, 0.717) is 29.0 Å². The fourth-order valence-corrected chi connectivity index (χ4v) is 4.56. The van der Waals surface area contributed by atoms with Crippen LogP contribution in [0.2, 0.25) is 0 Å². The molecular weight excluding hydrogens is 246 g/mol. The summed E-state index contributed by atoms with van der Waals surface area (Å²) in [6.45, 7) is 13.1. The Balaban J connectivity index is 1.63. The van der Waals surface area contributed by atoms with Gasteiger partial charge in [0.05, 0.1) is 12.2 Å². The average molecular weight is 279 g/mol. The Morgan fingerprint density at radius 3 is 2.30 bits per heavy atom. The van der Waals surface area contributed by atoms with Crippen molar-refractivity contribution in [2.24, 2.45) is 22.7 Å². The third-order valence-electron chi connectivity index (χ3n) is 6.98. The van der Waals surface area contributed by atoms with Crippen LogP contribution in [0.4, 0.5) is 0 Å². The van der Waals surface area contributed by atoms with Crippen LogP contribution >= 0.6 is 0 Å². The van der Waals surface area contributed by atoms with Crippen LogP contribution in [0.25, 0.3) is 0 Å². The molecule has 3 saturated carbocycles. The predicted molar refractivity (Wildman–Crippen MR) is 83.8 cm³/mol. The maximum absolute atomic E-state index is 6.66. The van der Waals surface area contributed by atoms with Crippen LogP contribution in [-0.4, -0.2) is 24.8 Å². The van der Waals surface area contributed by atoms with E-state index in [1.54, 1.807) is 0 Å². The van der Waals surface area contributed by atoms with Crippen molar-refractivity contribution in [2.45, 2.75) is 85.0 Å². The molecule has 3 aliphatic rings. The maximum atomic E-state index is 6.66. The van der Waals surface area contributed by atoms with Gasteiger partial charge in [0.2, 0.25) is 0 Å². The van der Waals surface area contributed by atoms with E-state index in [1.807, 2.05) is 0 Å². The Morgan fingerprint density at radius 2 is 1.85 bits per heavy atom. The van der Waals surface area contributed by atoms with Gasteiger partial charge < -0.3 is 10.1 Å². The Labute approximate surface area is 125 Å². The second kappa shape index (κ2) is 4.98. The summed E-state index contributed by atoms with van der Waals surface area (Å²) in [5, 5.41) is 3.66. The molecule has 2 bridgehead atoms. The first-order chi connectivity index (χ1) is 9.34. The van der Waals surface area contributed by atoms with Crippen molar-refractivity contribution in [2.75, 3.05) is 6.54 Å². The van der Waals surface area contributed by atoms with Crippen molar-refractivity contribution < 1.29 is 4.74 Å². The third kappa shape index (κ3) is 2.33. The number of hydrogen-bond donors (Lipinski definition) is 1. The van der Waals surface area contributed by atoms with Crippen molar-refractivity contribution in [1.29, 1.82) is 0 Å². The van der Waals surface area contributed by atoms with Gasteiger partial charge in [-0.2, -0.15) is 0 Å². The standard InChI is InChI=1S/C18H33NO/c1-12(2)15(11-19-14-6-7-14)20-16-10-13-8-9-18(16,5)17(13,3)4/h12-16,19H,6-11H2,1-5H3. The van der Waals surface area contributed by atoms with E-state index in [-0.39, 0.29) is 0 Å². The molecule has 0 heterocycles. The summed E-state index contributed by atoms with van der Waals surface area (Å²) < 4.78 is 6.66. The first-order valence-electron chi connectivity index (χ1n) is 8.73. The molecule has 0 spiro atoms. The molecule has 2 nitrogen and oxygen atoms in total. The highest BCUT2D eigenvalue weighted by Gasteiger charge is 2.62. The summed E-state index contributed by atoms with van der Waals surface area (Å²) in [6.07, 6.45) is 7.64. The van der Waals surface area contributed by atoms with Crippen LogP contribution < -0.4 is 5.32 Å². The van der Waals surface area contributed by atoms with Gasteiger partial charge in [-0.15, -0.1) is 0 Å². The molecule has 4 atom stereocenters. The zero-order valence-corrected chi connectivity index (χ0v) is 14.0. The van der Waals surface area contributed by atoms with Crippen molar-refractivity contribution in [3.63, 3.8) is 0 Å². The summed E-state index contributed by atoms with van der Waals surface area (Å²) in [6, 6.07) is 0.784. The van der Waals surface area contributed by atoms with E-state index in [9.17, 15) is 0 Å². The van der Waals surface area contributed by atoms with E-state index in [0.717, 1.165) is 18.5 Å². The summed E-state index contributed by atoms with van der Waals surface area (Å²) in [5.74, 6) is 1.48. The molecule has 3 fully saturated rings. The minimum atomic E-state index is 0.382. The molecule has 0 aromatic rings. The van der Waals surface area contributed by atoms with Gasteiger partial charge in [0.25, 0.3) is 0 Å². The second-order valence-electron chi connectivity index (χ2n) is 8.70. The zero-order chi connectivity index (χ0) is 14.5. The van der Waals surface area contributed by atoms with Gasteiger partial charge in [0.1, 0.15) is 0 Å². The Morgan fingerprint density at radius 1 is 1.15 bits per heavy atom. The van der Waals surface area contributed by atoms with Crippen LogP contribution in [0.3, 0.4) is 0 Å². The van der Waals surface area contributed by atoms with Crippen molar-refractivity contribution in [3.8, 4) is 0 Å². The van der Waals surface area contributed by atoms with Crippen LogP contribution in [0.15, 0.2) is 0 Å². The summed E-state index contributed by atoms with van der Waals surface area (Å²) in [7, 11) is 0. The van der Waals surface area contributed by atoms with E-state index in [1.165, 1.54) is 32.1 Å². The topological polar surface area (TPSA) is 21.3 Å². The SMILES string of the molecule is CC(C)C(CNC1CC1)OC1CC2CCC1(C)C2(C)C. The normalized spacial score (nSPS) is 40.5. The van der Waals surface area contributed by atoms with Gasteiger partial charge in [-0.25, -0.2) is 0 Å². The highest BCUT2D eigenvalue weighted by atomic mass is 16.5. The molecular formula is C18H33NO. The predicted octanol–water partition coefficient (Wildman–Crippen LogP) is 3.99. The molecule has 0 aliphatic heterocycles. The fourth-order valence-electron chi connectivity index (χ4n) is 4.56. The molecule has 116 valence electrons. The Kier molecular flexibility index (Phi) is 3.70. The smallest absolute Gasteiger partial charge is 0.0726 e. The lowest BCUT2D eigenvalue weighted by molar-refractivity contribution is -0.0994. The molecule has 0 aromatic heterocycles. The summed E-state index contributed by atoms with van der Waals surface area (Å²) in [4.78, 5) is 0. The van der Waals surface area contributed by atoms with Crippen molar-refractivity contribution in [3.05, 3.63) is 0 Å². The third-order valence-corrected chi connectivity index (χ3v) is 6.98. The quantitative estimate of drug-likeness (QED) is 0.793. The fraction of sp³-hybridized carbons (Fsp3) is 1.00. The van der Waals surface area contributed by atoms with Crippen LogP contribution in [0, 0.1) is 22.7 Å². The van der Waals surface area contributed by atoms with Crippen molar-refractivity contribution >= 4 is 0 Å². The lowest BCUT2D eigenvalue weighted by atomic mass is 9.70. The molecule has 0 amide bonds. The molecule has 20 heavy (non-hydrogen) atoms. The molecule has 4 unspecified atom stereocenters. The van der Waals surface area contributed by atoms with Gasteiger partial charge in [-0.05, 0) is 54.8 Å². The Hall–Kier alpha value is -0.0800. The monoisotopic (exact) mass is 279 g/mol. The van der Waals surface area contributed by atoms with Gasteiger partial charge in [0, 0.05) is 12.6 Å². The average Bonchev–Trinajstić information content (AvgIpc) is 3.13. The first-order valence-corrected chi connectivity index (χ1v) is 8.73. The molecule has 0 saturated heterocycles. The van der Waals surface area contributed by atoms with E-state index in [4.69, 9.17) is 4.74 Å². The number of fused-ring (bicyclic) bond motifs is 2. The minimum Gasteiger partial charge on any atom is -0.373 e. The number of nitrogens with one attached hydrogen (secondary N) is 1. The largest absolute Gasteiger partial charge is 0.373 e. The molecule has 0 aromatic carbocycles. The van der Waals surface area contributed by atoms with E-state index >= 15 is 0 Å². The molecule has 3 aliphatic carbocycles. The van der Waals surface area contributed by atoms with Crippen LogP contribution in [-0.2, 0) is 4.74 Å². The molecule has 3 rings (SSSR count). The van der Waals surface area contributed by atoms with Crippen molar-refractivity contribution in [1.82, 2.24) is 5.32 Å². The lowest BCUT2D eigenvalue weighted by Gasteiger charge is -2.41. The highest BCUT2D eigenvalue weighted by Crippen LogP contribution is 2.66. The summed E-state index contributed by atoms with van der Waals surface area (Å²) in [5.41, 5.74) is 0.855. The molecule has 1 N–H and O–H groups in total. The number of ether oxygens (including phenoxy) is 1. The lowest BCUT2D eigenvalue weighted by Crippen LogP contribution is -2.43. The van der Waals surface area contributed by atoms with Gasteiger partial charge >= 0.3 is 0 Å². The molecule has 0 radical (unpaired) electrons. The van der Waals surface area contributed by atoms with Gasteiger partial charge in [0.15, 0.2) is 0 Å². The van der Waals surface area contributed by atoms with E-state index < -0.39 is 0 Å². The second-order valence-corrected chi connectivity index (χ2v) is 8.70. The minimum absolute atomic E-state index is 0.382. The first kappa shape index (κ1) is 14.8. The maximum Gasteiger partial charge on any atom is 0.0726 e. The van der Waals surface area contributed by atoms with Gasteiger partial charge in [-0.3, -0.25) is 0 Å². The van der Waals surface area contributed by atoms with E-state index in [2.05, 4.69) is 39.9 Å². The number of hydrogen-bond acceptors (Lipinski definition) is 2. The Bertz CT molecular complexity index is 360. The molecule has 2 heteroatoms. The summed E-state index contributed by atoms with van der Waals surface area (Å²) >= 11 is 0. The van der Waals surface area contributed by atoms with Crippen LogP contribution in [0.1, 0.15) is 66.7 Å². The van der Waals surface area contributed by atoms with Crippen LogP contribution in [0.5, 0.6) is 0 Å². The highest BCUT2D eigenvalue weighted by molar-refractivity contribution is 5.11. The van der Waals surface area contributed by atoms with Gasteiger partial charge in [-0.1, -0.05) is 34.6 Å². The zero-order valence-electron chi connectivity index (χ0n) is 14.0. The number of rotatable bonds is 6.